The largest absolute Gasteiger partial charge is 0.481 e. The predicted molar refractivity (Wildman–Crippen MR) is 79.9 cm³/mol. The number of ether oxygens (including phenoxy) is 1. The van der Waals surface area contributed by atoms with Crippen molar-refractivity contribution < 1.29 is 14.6 Å². The quantitative estimate of drug-likeness (QED) is 0.776. The van der Waals surface area contributed by atoms with E-state index in [1.807, 2.05) is 13.8 Å². The second-order valence-corrected chi connectivity index (χ2v) is 7.02. The molecule has 2 N–H and O–H groups in total. The lowest BCUT2D eigenvalue weighted by molar-refractivity contribution is -0.151. The van der Waals surface area contributed by atoms with Crippen LogP contribution in [0.15, 0.2) is 0 Å². The molecule has 5 nitrogen and oxygen atoms in total. The molecule has 1 heterocycles. The number of morpholine rings is 1. The molecule has 1 aliphatic rings. The first-order chi connectivity index (χ1) is 9.08. The molecule has 1 atom stereocenters. The number of hydrogen-bond acceptors (Lipinski definition) is 4. The minimum absolute atomic E-state index is 0.120. The summed E-state index contributed by atoms with van der Waals surface area (Å²) < 4.78 is 5.78. The molecular weight excluding hydrogens is 256 g/mol. The van der Waals surface area contributed by atoms with Gasteiger partial charge in [-0.3, -0.25) is 9.69 Å². The zero-order valence-electron chi connectivity index (χ0n) is 13.7. The molecular formula is C15H30N2O3. The molecule has 5 heteroatoms. The average molecular weight is 286 g/mol. The van der Waals surface area contributed by atoms with Gasteiger partial charge in [-0.2, -0.15) is 0 Å². The molecule has 0 amide bonds. The van der Waals surface area contributed by atoms with E-state index in [0.717, 1.165) is 19.7 Å². The highest BCUT2D eigenvalue weighted by Gasteiger charge is 2.43. The van der Waals surface area contributed by atoms with Gasteiger partial charge in [0.1, 0.15) is 0 Å². The van der Waals surface area contributed by atoms with Crippen LogP contribution in [0.2, 0.25) is 0 Å². The molecule has 0 aromatic heterocycles. The minimum atomic E-state index is -0.834. The van der Waals surface area contributed by atoms with Gasteiger partial charge in [0, 0.05) is 31.2 Å². The van der Waals surface area contributed by atoms with Gasteiger partial charge in [0.15, 0.2) is 0 Å². The number of carboxylic acid groups (broad SMARTS) is 1. The predicted octanol–water partition coefficient (Wildman–Crippen LogP) is 1.57. The molecule has 0 aliphatic carbocycles. The minimum Gasteiger partial charge on any atom is -0.481 e. The summed E-state index contributed by atoms with van der Waals surface area (Å²) in [6.45, 7) is 15.0. The number of carboxylic acids is 1. The maximum absolute atomic E-state index is 11.4. The van der Waals surface area contributed by atoms with Crippen LogP contribution in [-0.4, -0.2) is 59.9 Å². The Kier molecular flexibility index (Phi) is 5.58. The van der Waals surface area contributed by atoms with Crippen molar-refractivity contribution in [3.8, 4) is 0 Å². The van der Waals surface area contributed by atoms with Gasteiger partial charge in [-0.25, -0.2) is 0 Å². The van der Waals surface area contributed by atoms with Gasteiger partial charge in [0.05, 0.1) is 18.1 Å². The van der Waals surface area contributed by atoms with Crippen molar-refractivity contribution in [3.63, 3.8) is 0 Å². The van der Waals surface area contributed by atoms with Crippen molar-refractivity contribution in [1.82, 2.24) is 10.2 Å². The second kappa shape index (κ2) is 6.41. The number of rotatable bonds is 6. The summed E-state index contributed by atoms with van der Waals surface area (Å²) in [5.74, 6) is -0.789. The highest BCUT2D eigenvalue weighted by atomic mass is 16.5. The van der Waals surface area contributed by atoms with E-state index in [4.69, 9.17) is 4.74 Å². The molecule has 0 saturated carbocycles. The molecule has 1 saturated heterocycles. The fourth-order valence-electron chi connectivity index (χ4n) is 2.19. The Hall–Kier alpha value is -0.650. The van der Waals surface area contributed by atoms with Crippen LogP contribution in [0.4, 0.5) is 0 Å². The van der Waals surface area contributed by atoms with E-state index in [2.05, 4.69) is 24.1 Å². The highest BCUT2D eigenvalue weighted by molar-refractivity contribution is 5.75. The lowest BCUT2D eigenvalue weighted by atomic mass is 9.74. The molecule has 1 aliphatic heterocycles. The van der Waals surface area contributed by atoms with Gasteiger partial charge in [0.25, 0.3) is 0 Å². The smallest absolute Gasteiger partial charge is 0.310 e. The van der Waals surface area contributed by atoms with Crippen molar-refractivity contribution in [2.24, 2.45) is 5.41 Å². The number of carbonyl (C=O) groups is 1. The van der Waals surface area contributed by atoms with Crippen LogP contribution < -0.4 is 5.32 Å². The molecule has 1 fully saturated rings. The normalized spacial score (nSPS) is 22.2. The van der Waals surface area contributed by atoms with Crippen LogP contribution in [0, 0.1) is 5.41 Å². The lowest BCUT2D eigenvalue weighted by Crippen LogP contribution is -2.58. The summed E-state index contributed by atoms with van der Waals surface area (Å²) >= 11 is 0. The summed E-state index contributed by atoms with van der Waals surface area (Å²) in [4.78, 5) is 13.8. The van der Waals surface area contributed by atoms with Gasteiger partial charge in [-0.15, -0.1) is 0 Å². The van der Waals surface area contributed by atoms with Crippen molar-refractivity contribution in [3.05, 3.63) is 0 Å². The van der Waals surface area contributed by atoms with Gasteiger partial charge < -0.3 is 15.2 Å². The average Bonchev–Trinajstić information content (AvgIpc) is 2.36. The maximum Gasteiger partial charge on any atom is 0.310 e. The Bertz CT molecular complexity index is 340. The van der Waals surface area contributed by atoms with Crippen molar-refractivity contribution in [2.45, 2.75) is 59.2 Å². The van der Waals surface area contributed by atoms with Crippen molar-refractivity contribution >= 4 is 5.97 Å². The summed E-state index contributed by atoms with van der Waals surface area (Å²) in [5, 5.41) is 12.7. The molecule has 20 heavy (non-hydrogen) atoms. The SMILES string of the molecule is CC(C)N1CCOC(CNC(C)(C)C(C)(C)C(=O)O)C1. The number of hydrogen-bond donors (Lipinski definition) is 2. The number of nitrogens with one attached hydrogen (secondary N) is 1. The summed E-state index contributed by atoms with van der Waals surface area (Å²) in [6.07, 6.45) is 0.120. The van der Waals surface area contributed by atoms with Gasteiger partial charge in [-0.05, 0) is 41.5 Å². The molecule has 0 aromatic rings. The van der Waals surface area contributed by atoms with E-state index in [1.165, 1.54) is 0 Å². The standard InChI is InChI=1S/C15H30N2O3/c1-11(2)17-7-8-20-12(10-17)9-16-15(5,6)14(3,4)13(18)19/h11-12,16H,7-10H2,1-6H3,(H,18,19). The number of nitrogens with zero attached hydrogens (tertiary/aromatic N) is 1. The Balaban J connectivity index is 2.56. The Morgan fingerprint density at radius 3 is 2.50 bits per heavy atom. The third-order valence-electron chi connectivity index (χ3n) is 4.77. The molecule has 0 radical (unpaired) electrons. The first kappa shape index (κ1) is 17.4. The van der Waals surface area contributed by atoms with E-state index in [-0.39, 0.29) is 6.10 Å². The molecule has 1 rings (SSSR count). The van der Waals surface area contributed by atoms with Gasteiger partial charge >= 0.3 is 5.97 Å². The van der Waals surface area contributed by atoms with E-state index >= 15 is 0 Å². The van der Waals surface area contributed by atoms with Gasteiger partial charge in [-0.1, -0.05) is 0 Å². The van der Waals surface area contributed by atoms with Crippen LogP contribution in [0.1, 0.15) is 41.5 Å². The molecule has 0 bridgehead atoms. The van der Waals surface area contributed by atoms with Gasteiger partial charge in [0.2, 0.25) is 0 Å². The van der Waals surface area contributed by atoms with Crippen LogP contribution in [0.5, 0.6) is 0 Å². The fraction of sp³-hybridized carbons (Fsp3) is 0.933. The van der Waals surface area contributed by atoms with Crippen molar-refractivity contribution in [2.75, 3.05) is 26.2 Å². The third kappa shape index (κ3) is 3.93. The maximum atomic E-state index is 11.4. The monoisotopic (exact) mass is 286 g/mol. The molecule has 0 aromatic carbocycles. The van der Waals surface area contributed by atoms with E-state index < -0.39 is 16.9 Å². The van der Waals surface area contributed by atoms with E-state index in [0.29, 0.717) is 12.6 Å². The zero-order valence-corrected chi connectivity index (χ0v) is 13.7. The Morgan fingerprint density at radius 1 is 1.40 bits per heavy atom. The fourth-order valence-corrected chi connectivity index (χ4v) is 2.19. The Morgan fingerprint density at radius 2 is 2.00 bits per heavy atom. The summed E-state index contributed by atoms with van der Waals surface area (Å²) in [5.41, 5.74) is -1.33. The first-order valence-corrected chi connectivity index (χ1v) is 7.42. The Labute approximate surface area is 122 Å². The summed E-state index contributed by atoms with van der Waals surface area (Å²) in [7, 11) is 0. The summed E-state index contributed by atoms with van der Waals surface area (Å²) in [6, 6.07) is 0.518. The van der Waals surface area contributed by atoms with Crippen LogP contribution >= 0.6 is 0 Å². The van der Waals surface area contributed by atoms with Crippen LogP contribution in [0.3, 0.4) is 0 Å². The van der Waals surface area contributed by atoms with E-state index in [1.54, 1.807) is 13.8 Å². The lowest BCUT2D eigenvalue weighted by Gasteiger charge is -2.41. The number of aliphatic carboxylic acids is 1. The van der Waals surface area contributed by atoms with Crippen molar-refractivity contribution in [1.29, 1.82) is 0 Å². The van der Waals surface area contributed by atoms with E-state index in [9.17, 15) is 9.90 Å². The third-order valence-corrected chi connectivity index (χ3v) is 4.77. The van der Waals surface area contributed by atoms with Crippen LogP contribution in [-0.2, 0) is 9.53 Å². The molecule has 118 valence electrons. The van der Waals surface area contributed by atoms with Crippen LogP contribution in [0.25, 0.3) is 0 Å². The highest BCUT2D eigenvalue weighted by Crippen LogP contribution is 2.30. The second-order valence-electron chi connectivity index (χ2n) is 7.02. The first-order valence-electron chi connectivity index (χ1n) is 7.42. The topological polar surface area (TPSA) is 61.8 Å². The zero-order chi connectivity index (χ0) is 15.6. The molecule has 1 unspecified atom stereocenters. The molecule has 0 spiro atoms.